The van der Waals surface area contributed by atoms with Gasteiger partial charge in [-0.3, -0.25) is 0 Å². The first-order valence-electron chi connectivity index (χ1n) is 6.51. The summed E-state index contributed by atoms with van der Waals surface area (Å²) in [6.45, 7) is 1.82. The van der Waals surface area contributed by atoms with E-state index in [0.29, 0.717) is 11.5 Å². The summed E-state index contributed by atoms with van der Waals surface area (Å²) in [5.74, 6) is 1.48. The number of aromatic hydroxyl groups is 1. The Morgan fingerprint density at radius 2 is 1.90 bits per heavy atom. The second-order valence-corrected chi connectivity index (χ2v) is 4.77. The zero-order valence-corrected chi connectivity index (χ0v) is 12.7. The van der Waals surface area contributed by atoms with Gasteiger partial charge < -0.3 is 14.6 Å². The molecule has 1 aliphatic rings. The zero-order valence-electron chi connectivity index (χ0n) is 11.9. The third-order valence-electron chi connectivity index (χ3n) is 3.53. The second kappa shape index (κ2) is 6.10. The molecule has 1 N–H and O–H groups in total. The van der Waals surface area contributed by atoms with Crippen molar-refractivity contribution in [3.05, 3.63) is 59.2 Å². The fraction of sp³-hybridized carbons (Fsp3) is 0.176. The van der Waals surface area contributed by atoms with Gasteiger partial charge in [0.2, 0.25) is 0 Å². The smallest absolute Gasteiger partial charge is 0.142 e. The van der Waals surface area contributed by atoms with Gasteiger partial charge in [0.05, 0.1) is 12.7 Å². The highest BCUT2D eigenvalue weighted by Gasteiger charge is 2.22. The molecule has 3 rings (SSSR count). The Morgan fingerprint density at radius 3 is 2.57 bits per heavy atom. The molecular weight excluding hydrogens is 288 g/mol. The SMILES string of the molecule is COc1c(C)c(O)cc2c1C=CC(c1ccccc1)O2.Cl. The van der Waals surface area contributed by atoms with Crippen LogP contribution in [-0.2, 0) is 0 Å². The van der Waals surface area contributed by atoms with E-state index in [1.54, 1.807) is 13.2 Å². The zero-order chi connectivity index (χ0) is 14.1. The monoisotopic (exact) mass is 304 g/mol. The number of methoxy groups -OCH3 is 1. The lowest BCUT2D eigenvalue weighted by molar-refractivity contribution is 0.248. The van der Waals surface area contributed by atoms with Gasteiger partial charge in [0.1, 0.15) is 23.4 Å². The maximum absolute atomic E-state index is 9.96. The molecule has 1 unspecified atom stereocenters. The lowest BCUT2D eigenvalue weighted by atomic mass is 10.0. The van der Waals surface area contributed by atoms with Crippen LogP contribution in [0, 0.1) is 6.92 Å². The first-order valence-corrected chi connectivity index (χ1v) is 6.51. The Bertz CT molecular complexity index is 665. The average Bonchev–Trinajstić information content (AvgIpc) is 2.49. The topological polar surface area (TPSA) is 38.7 Å². The van der Waals surface area contributed by atoms with Crippen molar-refractivity contribution in [2.24, 2.45) is 0 Å². The summed E-state index contributed by atoms with van der Waals surface area (Å²) in [5.41, 5.74) is 2.67. The van der Waals surface area contributed by atoms with Crippen LogP contribution in [0.25, 0.3) is 6.08 Å². The van der Waals surface area contributed by atoms with Crippen LogP contribution in [0.3, 0.4) is 0 Å². The molecule has 1 aliphatic heterocycles. The molecule has 0 saturated heterocycles. The second-order valence-electron chi connectivity index (χ2n) is 4.77. The molecule has 0 amide bonds. The number of hydrogen-bond donors (Lipinski definition) is 1. The third-order valence-corrected chi connectivity index (χ3v) is 3.53. The van der Waals surface area contributed by atoms with Crippen LogP contribution in [0.2, 0.25) is 0 Å². The minimum atomic E-state index is -0.143. The third kappa shape index (κ3) is 2.69. The van der Waals surface area contributed by atoms with Crippen molar-refractivity contribution in [2.75, 3.05) is 7.11 Å². The Hall–Kier alpha value is -2.13. The van der Waals surface area contributed by atoms with E-state index >= 15 is 0 Å². The summed E-state index contributed by atoms with van der Waals surface area (Å²) in [4.78, 5) is 0. The van der Waals surface area contributed by atoms with Crippen LogP contribution in [-0.4, -0.2) is 12.2 Å². The van der Waals surface area contributed by atoms with Crippen molar-refractivity contribution in [3.63, 3.8) is 0 Å². The highest BCUT2D eigenvalue weighted by Crippen LogP contribution is 2.43. The highest BCUT2D eigenvalue weighted by atomic mass is 35.5. The van der Waals surface area contributed by atoms with Crippen molar-refractivity contribution in [3.8, 4) is 17.2 Å². The van der Waals surface area contributed by atoms with Gasteiger partial charge in [-0.25, -0.2) is 0 Å². The molecule has 0 spiro atoms. The van der Waals surface area contributed by atoms with Crippen LogP contribution >= 0.6 is 12.4 Å². The Kier molecular flexibility index (Phi) is 4.43. The highest BCUT2D eigenvalue weighted by molar-refractivity contribution is 5.85. The van der Waals surface area contributed by atoms with Crippen molar-refractivity contribution in [1.29, 1.82) is 0 Å². The molecule has 1 heterocycles. The number of rotatable bonds is 2. The van der Waals surface area contributed by atoms with Crippen LogP contribution in [0.4, 0.5) is 0 Å². The van der Waals surface area contributed by atoms with E-state index in [2.05, 4.69) is 0 Å². The normalized spacial score (nSPS) is 15.6. The quantitative estimate of drug-likeness (QED) is 0.900. The van der Waals surface area contributed by atoms with Gasteiger partial charge in [0.15, 0.2) is 0 Å². The molecule has 0 saturated carbocycles. The number of hydrogen-bond acceptors (Lipinski definition) is 3. The maximum Gasteiger partial charge on any atom is 0.142 e. The predicted octanol–water partition coefficient (Wildman–Crippen LogP) is 4.28. The molecule has 21 heavy (non-hydrogen) atoms. The molecule has 1 atom stereocenters. The summed E-state index contributed by atoms with van der Waals surface area (Å²) in [6.07, 6.45) is 3.84. The lowest BCUT2D eigenvalue weighted by Crippen LogP contribution is -2.10. The van der Waals surface area contributed by atoms with Crippen molar-refractivity contribution >= 4 is 18.5 Å². The van der Waals surface area contributed by atoms with Crippen molar-refractivity contribution < 1.29 is 14.6 Å². The van der Waals surface area contributed by atoms with Gasteiger partial charge in [-0.15, -0.1) is 12.4 Å². The van der Waals surface area contributed by atoms with Gasteiger partial charge >= 0.3 is 0 Å². The molecule has 0 fully saturated rings. The molecule has 0 bridgehead atoms. The fourth-order valence-corrected chi connectivity index (χ4v) is 2.44. The van der Waals surface area contributed by atoms with Gasteiger partial charge in [-0.2, -0.15) is 0 Å². The Labute approximate surface area is 130 Å². The number of fused-ring (bicyclic) bond motifs is 1. The minimum Gasteiger partial charge on any atom is -0.507 e. The molecule has 0 aliphatic carbocycles. The molecule has 2 aromatic rings. The first-order chi connectivity index (χ1) is 9.70. The first kappa shape index (κ1) is 15.3. The van der Waals surface area contributed by atoms with Gasteiger partial charge in [0, 0.05) is 11.6 Å². The number of benzene rings is 2. The van der Waals surface area contributed by atoms with Crippen LogP contribution < -0.4 is 9.47 Å². The predicted molar refractivity (Wildman–Crippen MR) is 85.5 cm³/mol. The average molecular weight is 305 g/mol. The van der Waals surface area contributed by atoms with E-state index in [-0.39, 0.29) is 24.3 Å². The van der Waals surface area contributed by atoms with Crippen LogP contribution in [0.5, 0.6) is 17.2 Å². The van der Waals surface area contributed by atoms with Crippen molar-refractivity contribution in [1.82, 2.24) is 0 Å². The largest absolute Gasteiger partial charge is 0.507 e. The molecule has 0 radical (unpaired) electrons. The number of ether oxygens (including phenoxy) is 2. The van der Waals surface area contributed by atoms with Crippen molar-refractivity contribution in [2.45, 2.75) is 13.0 Å². The number of phenolic OH excluding ortho intramolecular Hbond substituents is 1. The summed E-state index contributed by atoms with van der Waals surface area (Å²) in [5, 5.41) is 9.96. The molecule has 0 aromatic heterocycles. The molecule has 2 aromatic carbocycles. The van der Waals surface area contributed by atoms with E-state index < -0.39 is 0 Å². The van der Waals surface area contributed by atoms with E-state index in [4.69, 9.17) is 9.47 Å². The standard InChI is InChI=1S/C17H16O3.ClH/c1-11-14(18)10-16-13(17(11)19-2)8-9-15(20-16)12-6-4-3-5-7-12;/h3-10,15,18H,1-2H3;1H. The molecule has 110 valence electrons. The summed E-state index contributed by atoms with van der Waals surface area (Å²) >= 11 is 0. The minimum absolute atomic E-state index is 0. The van der Waals surface area contributed by atoms with Gasteiger partial charge in [-0.1, -0.05) is 30.3 Å². The Morgan fingerprint density at radius 1 is 1.19 bits per heavy atom. The van der Waals surface area contributed by atoms with E-state index in [1.807, 2.05) is 49.4 Å². The molecule has 3 nitrogen and oxygen atoms in total. The maximum atomic E-state index is 9.96. The van der Waals surface area contributed by atoms with Gasteiger partial charge in [-0.05, 0) is 24.6 Å². The van der Waals surface area contributed by atoms with Crippen LogP contribution in [0.1, 0.15) is 22.8 Å². The van der Waals surface area contributed by atoms with E-state index in [9.17, 15) is 5.11 Å². The number of halogens is 1. The lowest BCUT2D eigenvalue weighted by Gasteiger charge is -2.24. The summed E-state index contributed by atoms with van der Waals surface area (Å²) in [6, 6.07) is 11.6. The van der Waals surface area contributed by atoms with Crippen LogP contribution in [0.15, 0.2) is 42.5 Å². The fourth-order valence-electron chi connectivity index (χ4n) is 2.44. The molecule has 4 heteroatoms. The summed E-state index contributed by atoms with van der Waals surface area (Å²) < 4.78 is 11.3. The Balaban J connectivity index is 0.00000161. The van der Waals surface area contributed by atoms with Gasteiger partial charge in [0.25, 0.3) is 0 Å². The summed E-state index contributed by atoms with van der Waals surface area (Å²) in [7, 11) is 1.60. The van der Waals surface area contributed by atoms with E-state index in [0.717, 1.165) is 16.7 Å². The molecular formula is C17H17ClO3. The number of phenols is 1. The van der Waals surface area contributed by atoms with E-state index in [1.165, 1.54) is 0 Å².